The molecule has 0 aliphatic heterocycles. The van der Waals surface area contributed by atoms with Gasteiger partial charge in [-0.05, 0) is 49.0 Å². The lowest BCUT2D eigenvalue weighted by Gasteiger charge is -2.09. The molecule has 0 fully saturated rings. The van der Waals surface area contributed by atoms with Crippen molar-refractivity contribution in [2.75, 3.05) is 7.11 Å². The molecule has 148 valence electrons. The number of carbonyl (C=O) groups is 1. The second-order valence-corrected chi connectivity index (χ2v) is 6.38. The summed E-state index contributed by atoms with van der Waals surface area (Å²) in [5.74, 6) is 0.195. The van der Waals surface area contributed by atoms with Gasteiger partial charge in [-0.25, -0.2) is 4.79 Å². The van der Waals surface area contributed by atoms with Crippen LogP contribution in [0.2, 0.25) is 0 Å². The molecule has 0 aliphatic carbocycles. The molecule has 0 spiro atoms. The number of nitrogens with one attached hydrogen (secondary N) is 1. The number of aromatic amines is 1. The summed E-state index contributed by atoms with van der Waals surface area (Å²) in [6, 6.07) is 14.2. The standard InChI is InChI=1S/C20H18N4O4S/c1-13-18(25)24(20(29)23-22-13)21-11-16-5-3-4-6-17(16)28-12-14-7-9-15(10-8-14)19(26)27-2/h3-11H,12H2,1-2H3,(H,23,29)/b21-11-. The Kier molecular flexibility index (Phi) is 6.30. The van der Waals surface area contributed by atoms with E-state index in [1.54, 1.807) is 37.3 Å². The number of aromatic nitrogens is 3. The predicted octanol–water partition coefficient (Wildman–Crippen LogP) is 2.86. The van der Waals surface area contributed by atoms with Gasteiger partial charge in [-0.1, -0.05) is 24.3 Å². The number of nitrogens with zero attached hydrogens (tertiary/aromatic N) is 3. The van der Waals surface area contributed by atoms with Crippen LogP contribution >= 0.6 is 12.2 Å². The highest BCUT2D eigenvalue weighted by Crippen LogP contribution is 2.18. The zero-order chi connectivity index (χ0) is 20.8. The van der Waals surface area contributed by atoms with Gasteiger partial charge in [0.25, 0.3) is 5.56 Å². The molecule has 0 aliphatic rings. The van der Waals surface area contributed by atoms with E-state index in [-0.39, 0.29) is 16.4 Å². The molecule has 3 rings (SSSR count). The summed E-state index contributed by atoms with van der Waals surface area (Å²) < 4.78 is 11.7. The van der Waals surface area contributed by atoms with Crippen LogP contribution in [0.1, 0.15) is 27.2 Å². The summed E-state index contributed by atoms with van der Waals surface area (Å²) in [6.45, 7) is 1.86. The molecule has 29 heavy (non-hydrogen) atoms. The van der Waals surface area contributed by atoms with Crippen molar-refractivity contribution in [3.8, 4) is 5.75 Å². The number of esters is 1. The topological polar surface area (TPSA) is 98.6 Å². The molecule has 0 bridgehead atoms. The number of aryl methyl sites for hydroxylation is 1. The van der Waals surface area contributed by atoms with Gasteiger partial charge >= 0.3 is 5.97 Å². The van der Waals surface area contributed by atoms with Crippen molar-refractivity contribution in [1.82, 2.24) is 14.9 Å². The lowest BCUT2D eigenvalue weighted by atomic mass is 10.1. The average molecular weight is 410 g/mol. The van der Waals surface area contributed by atoms with Gasteiger partial charge in [0.2, 0.25) is 4.77 Å². The Labute approximate surface area is 171 Å². The average Bonchev–Trinajstić information content (AvgIpc) is 2.75. The van der Waals surface area contributed by atoms with Gasteiger partial charge in [0, 0.05) is 5.56 Å². The van der Waals surface area contributed by atoms with Crippen LogP contribution in [-0.2, 0) is 11.3 Å². The molecule has 0 amide bonds. The molecule has 8 nitrogen and oxygen atoms in total. The molecule has 3 aromatic rings. The van der Waals surface area contributed by atoms with Gasteiger partial charge in [-0.2, -0.15) is 14.9 Å². The number of para-hydroxylation sites is 1. The number of hydrogen-bond donors (Lipinski definition) is 1. The highest BCUT2D eigenvalue weighted by atomic mass is 32.1. The third-order valence-electron chi connectivity index (χ3n) is 4.01. The Bertz CT molecular complexity index is 1170. The molecule has 1 aromatic heterocycles. The minimum absolute atomic E-state index is 0.0981. The summed E-state index contributed by atoms with van der Waals surface area (Å²) >= 11 is 5.07. The number of benzene rings is 2. The number of carbonyl (C=O) groups excluding carboxylic acids is 1. The summed E-state index contributed by atoms with van der Waals surface area (Å²) in [6.07, 6.45) is 1.50. The second-order valence-electron chi connectivity index (χ2n) is 5.99. The van der Waals surface area contributed by atoms with Crippen LogP contribution in [0.3, 0.4) is 0 Å². The van der Waals surface area contributed by atoms with E-state index < -0.39 is 5.56 Å². The SMILES string of the molecule is COC(=O)c1ccc(COc2ccccc2/C=N\n2c(=S)[nH]nc(C)c2=O)cc1. The largest absolute Gasteiger partial charge is 0.488 e. The maximum atomic E-state index is 12.1. The fraction of sp³-hybridized carbons (Fsp3) is 0.150. The quantitative estimate of drug-likeness (QED) is 0.381. The molecule has 0 atom stereocenters. The van der Waals surface area contributed by atoms with E-state index in [1.807, 2.05) is 18.2 Å². The van der Waals surface area contributed by atoms with Gasteiger partial charge < -0.3 is 9.47 Å². The Morgan fingerprint density at radius 3 is 2.69 bits per heavy atom. The van der Waals surface area contributed by atoms with Crippen molar-refractivity contribution in [2.45, 2.75) is 13.5 Å². The zero-order valence-corrected chi connectivity index (χ0v) is 16.6. The number of H-pyrrole nitrogens is 1. The first-order valence-electron chi connectivity index (χ1n) is 8.61. The van der Waals surface area contributed by atoms with E-state index in [1.165, 1.54) is 13.3 Å². The van der Waals surface area contributed by atoms with Gasteiger partial charge in [0.1, 0.15) is 18.1 Å². The normalized spacial score (nSPS) is 10.8. The van der Waals surface area contributed by atoms with E-state index in [2.05, 4.69) is 20.0 Å². The van der Waals surface area contributed by atoms with E-state index >= 15 is 0 Å². The highest BCUT2D eigenvalue weighted by molar-refractivity contribution is 7.71. The van der Waals surface area contributed by atoms with E-state index in [4.69, 9.17) is 17.0 Å². The number of rotatable bonds is 6. The molecule has 0 radical (unpaired) electrons. The molecule has 1 heterocycles. The van der Waals surface area contributed by atoms with Gasteiger partial charge in [-0.15, -0.1) is 0 Å². The van der Waals surface area contributed by atoms with Crippen molar-refractivity contribution < 1.29 is 14.3 Å². The van der Waals surface area contributed by atoms with E-state index in [9.17, 15) is 9.59 Å². The molecule has 0 saturated carbocycles. The van der Waals surface area contributed by atoms with Crippen molar-refractivity contribution in [3.05, 3.63) is 86.0 Å². The van der Waals surface area contributed by atoms with E-state index in [0.29, 0.717) is 23.5 Å². The monoisotopic (exact) mass is 410 g/mol. The number of ether oxygens (including phenoxy) is 2. The lowest BCUT2D eigenvalue weighted by molar-refractivity contribution is 0.0600. The fourth-order valence-corrected chi connectivity index (χ4v) is 2.61. The molecule has 0 saturated heterocycles. The van der Waals surface area contributed by atoms with Crippen LogP contribution in [0.15, 0.2) is 58.4 Å². The Morgan fingerprint density at radius 2 is 1.97 bits per heavy atom. The van der Waals surface area contributed by atoms with Crippen LogP contribution < -0.4 is 10.3 Å². The predicted molar refractivity (Wildman–Crippen MR) is 110 cm³/mol. The fourth-order valence-electron chi connectivity index (χ4n) is 2.43. The minimum atomic E-state index is -0.394. The maximum absolute atomic E-state index is 12.1. The third-order valence-corrected chi connectivity index (χ3v) is 4.28. The second kappa shape index (κ2) is 9.07. The van der Waals surface area contributed by atoms with Crippen molar-refractivity contribution >= 4 is 24.4 Å². The van der Waals surface area contributed by atoms with Crippen molar-refractivity contribution in [1.29, 1.82) is 0 Å². The third kappa shape index (κ3) is 4.82. The maximum Gasteiger partial charge on any atom is 0.337 e. The van der Waals surface area contributed by atoms with Crippen LogP contribution in [0.5, 0.6) is 5.75 Å². The van der Waals surface area contributed by atoms with Crippen LogP contribution in [0.4, 0.5) is 0 Å². The first-order valence-corrected chi connectivity index (χ1v) is 9.02. The van der Waals surface area contributed by atoms with Crippen LogP contribution in [0, 0.1) is 11.7 Å². The molecule has 0 unspecified atom stereocenters. The Balaban J connectivity index is 1.78. The summed E-state index contributed by atoms with van der Waals surface area (Å²) in [5, 5.41) is 10.5. The van der Waals surface area contributed by atoms with Crippen LogP contribution in [0.25, 0.3) is 0 Å². The number of hydrogen-bond acceptors (Lipinski definition) is 7. The summed E-state index contributed by atoms with van der Waals surface area (Å²) in [7, 11) is 1.34. The molecule has 9 heteroatoms. The number of methoxy groups -OCH3 is 1. The lowest BCUT2D eigenvalue weighted by Crippen LogP contribution is -2.22. The summed E-state index contributed by atoms with van der Waals surface area (Å²) in [4.78, 5) is 23.6. The van der Waals surface area contributed by atoms with Gasteiger partial charge in [0.05, 0.1) is 18.9 Å². The summed E-state index contributed by atoms with van der Waals surface area (Å²) in [5.41, 5.74) is 1.89. The Morgan fingerprint density at radius 1 is 1.24 bits per heavy atom. The van der Waals surface area contributed by atoms with Crippen molar-refractivity contribution in [3.63, 3.8) is 0 Å². The smallest absolute Gasteiger partial charge is 0.337 e. The first kappa shape index (κ1) is 20.2. The van der Waals surface area contributed by atoms with E-state index in [0.717, 1.165) is 10.2 Å². The highest BCUT2D eigenvalue weighted by Gasteiger charge is 2.06. The van der Waals surface area contributed by atoms with Crippen molar-refractivity contribution in [2.24, 2.45) is 5.10 Å². The molecule has 2 aromatic carbocycles. The first-order chi connectivity index (χ1) is 14.0. The minimum Gasteiger partial charge on any atom is -0.488 e. The van der Waals surface area contributed by atoms with Gasteiger partial charge in [-0.3, -0.25) is 9.89 Å². The zero-order valence-electron chi connectivity index (χ0n) is 15.8. The molecule has 1 N–H and O–H groups in total. The van der Waals surface area contributed by atoms with Gasteiger partial charge in [0.15, 0.2) is 0 Å². The molecular formula is C20H18N4O4S. The molecular weight excluding hydrogens is 392 g/mol. The van der Waals surface area contributed by atoms with Crippen LogP contribution in [-0.4, -0.2) is 34.2 Å². The Hall–Kier alpha value is -3.59.